The summed E-state index contributed by atoms with van der Waals surface area (Å²) in [6.45, 7) is 14.4. The van der Waals surface area contributed by atoms with Gasteiger partial charge < -0.3 is 14.7 Å². The fraction of sp³-hybridized carbons (Fsp3) is 0.500. The van der Waals surface area contributed by atoms with Crippen LogP contribution in [0.5, 0.6) is 0 Å². The number of aromatic nitrogens is 5. The molecule has 1 aliphatic heterocycles. The molecule has 0 radical (unpaired) electrons. The normalized spacial score (nSPS) is 16.8. The molecular weight excluding hydrogens is 476 g/mol. The van der Waals surface area contributed by atoms with Crippen LogP contribution in [0.15, 0.2) is 48.9 Å². The summed E-state index contributed by atoms with van der Waals surface area (Å²) < 4.78 is 10.2. The van der Waals surface area contributed by atoms with Gasteiger partial charge in [0.1, 0.15) is 18.2 Å². The first-order valence-corrected chi connectivity index (χ1v) is 13.5. The van der Waals surface area contributed by atoms with Gasteiger partial charge in [0.05, 0.1) is 17.9 Å². The molecule has 0 saturated carbocycles. The molecule has 38 heavy (non-hydrogen) atoms. The molecular formula is C30H40N6O2. The van der Waals surface area contributed by atoms with Crippen LogP contribution < -0.4 is 4.90 Å². The van der Waals surface area contributed by atoms with Crippen LogP contribution in [0.2, 0.25) is 0 Å². The molecule has 1 atom stereocenters. The molecule has 0 spiro atoms. The molecule has 0 aliphatic carbocycles. The first-order valence-electron chi connectivity index (χ1n) is 13.5. The molecule has 8 nitrogen and oxygen atoms in total. The zero-order chi connectivity index (χ0) is 27.1. The lowest BCUT2D eigenvalue weighted by Gasteiger charge is -2.40. The number of aliphatic hydroxyl groups excluding tert-OH is 1. The van der Waals surface area contributed by atoms with Crippen LogP contribution in [-0.2, 0) is 11.2 Å². The summed E-state index contributed by atoms with van der Waals surface area (Å²) in [7, 11) is 0. The van der Waals surface area contributed by atoms with Crippen LogP contribution in [-0.4, -0.2) is 54.6 Å². The molecule has 1 saturated heterocycles. The van der Waals surface area contributed by atoms with E-state index in [1.54, 1.807) is 0 Å². The number of imidazole rings is 1. The molecule has 8 heteroatoms. The number of anilines is 1. The van der Waals surface area contributed by atoms with Crippen molar-refractivity contribution in [3.05, 3.63) is 71.4 Å². The van der Waals surface area contributed by atoms with Gasteiger partial charge in [0, 0.05) is 43.0 Å². The maximum atomic E-state index is 10.4. The van der Waals surface area contributed by atoms with Gasteiger partial charge in [0.2, 0.25) is 0 Å². The van der Waals surface area contributed by atoms with Crippen LogP contribution in [0.25, 0.3) is 11.5 Å². The summed E-state index contributed by atoms with van der Waals surface area (Å²) in [6.07, 6.45) is 6.27. The highest BCUT2D eigenvalue weighted by molar-refractivity contribution is 5.60. The van der Waals surface area contributed by atoms with Gasteiger partial charge in [0.15, 0.2) is 11.5 Å². The van der Waals surface area contributed by atoms with Crippen molar-refractivity contribution in [2.45, 2.75) is 72.5 Å². The number of ether oxygens (including phenoxy) is 1. The molecule has 1 unspecified atom stereocenters. The van der Waals surface area contributed by atoms with E-state index in [1.807, 2.05) is 73.6 Å². The average Bonchev–Trinajstić information content (AvgIpc) is 3.49. The van der Waals surface area contributed by atoms with E-state index >= 15 is 0 Å². The number of hydrogen-bond acceptors (Lipinski definition) is 6. The second-order valence-corrected chi connectivity index (χ2v) is 12.2. The minimum absolute atomic E-state index is 0.129. The second-order valence-electron chi connectivity index (χ2n) is 12.2. The molecule has 1 N–H and O–H groups in total. The lowest BCUT2D eigenvalue weighted by Crippen LogP contribution is -2.40. The Morgan fingerprint density at radius 1 is 1.11 bits per heavy atom. The molecule has 0 bridgehead atoms. The monoisotopic (exact) mass is 516 g/mol. The largest absolute Gasteiger partial charge is 0.393 e. The summed E-state index contributed by atoms with van der Waals surface area (Å²) in [5.41, 5.74) is 4.61. The number of fused-ring (bicyclic) bond motifs is 1. The fourth-order valence-electron chi connectivity index (χ4n) is 5.23. The third kappa shape index (κ3) is 5.61. The van der Waals surface area contributed by atoms with E-state index in [9.17, 15) is 5.11 Å². The Kier molecular flexibility index (Phi) is 7.05. The van der Waals surface area contributed by atoms with E-state index in [0.29, 0.717) is 5.41 Å². The lowest BCUT2D eigenvalue weighted by atomic mass is 9.82. The summed E-state index contributed by atoms with van der Waals surface area (Å²) in [6, 6.07) is 12.3. The van der Waals surface area contributed by atoms with E-state index in [2.05, 4.69) is 35.9 Å². The first-order chi connectivity index (χ1) is 18.0. The van der Waals surface area contributed by atoms with Crippen molar-refractivity contribution in [2.24, 2.45) is 5.41 Å². The molecule has 5 rings (SSSR count). The van der Waals surface area contributed by atoms with Gasteiger partial charge in [-0.05, 0) is 51.5 Å². The third-order valence-electron chi connectivity index (χ3n) is 7.32. The fourth-order valence-corrected chi connectivity index (χ4v) is 5.23. The number of rotatable bonds is 7. The molecule has 1 aromatic carbocycles. The Hall–Kier alpha value is -3.23. The predicted octanol–water partition coefficient (Wildman–Crippen LogP) is 5.29. The lowest BCUT2D eigenvalue weighted by molar-refractivity contribution is -0.0825. The van der Waals surface area contributed by atoms with E-state index in [1.165, 1.54) is 5.56 Å². The van der Waals surface area contributed by atoms with E-state index in [0.717, 1.165) is 66.6 Å². The average molecular weight is 517 g/mol. The Labute approximate surface area is 225 Å². The number of benzene rings is 1. The maximum Gasteiger partial charge on any atom is 0.162 e. The van der Waals surface area contributed by atoms with Crippen LogP contribution in [0.4, 0.5) is 5.82 Å². The van der Waals surface area contributed by atoms with Crippen molar-refractivity contribution in [3.63, 3.8) is 0 Å². The van der Waals surface area contributed by atoms with Crippen molar-refractivity contribution in [3.8, 4) is 5.82 Å². The Morgan fingerprint density at radius 3 is 2.47 bits per heavy atom. The predicted molar refractivity (Wildman–Crippen MR) is 150 cm³/mol. The Balaban J connectivity index is 1.58. The van der Waals surface area contributed by atoms with Crippen LogP contribution >= 0.6 is 0 Å². The highest BCUT2D eigenvalue weighted by atomic mass is 16.5. The smallest absolute Gasteiger partial charge is 0.162 e. The maximum absolute atomic E-state index is 10.4. The first kappa shape index (κ1) is 26.4. The molecule has 202 valence electrons. The number of nitrogens with zero attached hydrogens (tertiary/aromatic N) is 6. The summed E-state index contributed by atoms with van der Waals surface area (Å²) in [4.78, 5) is 12.0. The van der Waals surface area contributed by atoms with Gasteiger partial charge in [0.25, 0.3) is 0 Å². The van der Waals surface area contributed by atoms with E-state index in [-0.39, 0.29) is 6.61 Å². The standard InChI is InChI=1S/C30H40N6O2/c1-21-27(24(19-37)38-29(2,3)4)28(34-14-12-30(5,6)13-15-34)36-25(32-21)17-26(33-36)35-18-23(31-20-35)16-22-10-8-7-9-11-22/h7-11,17-18,20,24,37H,12-16,19H2,1-6H3. The zero-order valence-corrected chi connectivity index (χ0v) is 23.5. The van der Waals surface area contributed by atoms with Crippen LogP contribution in [0.1, 0.15) is 76.1 Å². The summed E-state index contributed by atoms with van der Waals surface area (Å²) in [5, 5.41) is 15.5. The quantitative estimate of drug-likeness (QED) is 0.360. The van der Waals surface area contributed by atoms with Gasteiger partial charge >= 0.3 is 0 Å². The van der Waals surface area contributed by atoms with Gasteiger partial charge in [-0.1, -0.05) is 44.2 Å². The van der Waals surface area contributed by atoms with Crippen molar-refractivity contribution in [1.82, 2.24) is 24.1 Å². The number of aryl methyl sites for hydroxylation is 1. The molecule has 1 fully saturated rings. The van der Waals surface area contributed by atoms with Gasteiger partial charge in [-0.15, -0.1) is 5.10 Å². The minimum atomic E-state index is -0.504. The SMILES string of the molecule is Cc1nc2cc(-n3cnc(Cc4ccccc4)c3)nn2c(N2CCC(C)(C)CC2)c1C(CO)OC(C)(C)C. The minimum Gasteiger partial charge on any atom is -0.393 e. The van der Waals surface area contributed by atoms with Gasteiger partial charge in [-0.2, -0.15) is 4.52 Å². The Morgan fingerprint density at radius 2 is 1.82 bits per heavy atom. The van der Waals surface area contributed by atoms with E-state index in [4.69, 9.17) is 14.8 Å². The number of piperidine rings is 1. The molecule has 4 aromatic rings. The third-order valence-corrected chi connectivity index (χ3v) is 7.32. The molecule has 3 aromatic heterocycles. The van der Waals surface area contributed by atoms with Crippen LogP contribution in [0, 0.1) is 12.3 Å². The van der Waals surface area contributed by atoms with Crippen molar-refractivity contribution < 1.29 is 9.84 Å². The number of hydrogen-bond donors (Lipinski definition) is 1. The summed E-state index contributed by atoms with van der Waals surface area (Å²) >= 11 is 0. The highest BCUT2D eigenvalue weighted by Gasteiger charge is 2.33. The Bertz CT molecular complexity index is 1390. The number of aliphatic hydroxyl groups is 1. The second kappa shape index (κ2) is 10.2. The van der Waals surface area contributed by atoms with E-state index < -0.39 is 11.7 Å². The van der Waals surface area contributed by atoms with Crippen LogP contribution in [0.3, 0.4) is 0 Å². The zero-order valence-electron chi connectivity index (χ0n) is 23.5. The van der Waals surface area contributed by atoms with Gasteiger partial charge in [-0.25, -0.2) is 9.97 Å². The molecule has 1 aliphatic rings. The van der Waals surface area contributed by atoms with Crippen molar-refractivity contribution >= 4 is 11.5 Å². The summed E-state index contributed by atoms with van der Waals surface area (Å²) in [5.74, 6) is 1.72. The molecule has 4 heterocycles. The molecule has 0 amide bonds. The topological polar surface area (TPSA) is 80.7 Å². The van der Waals surface area contributed by atoms with Gasteiger partial charge in [-0.3, -0.25) is 4.57 Å². The van der Waals surface area contributed by atoms with Crippen molar-refractivity contribution in [2.75, 3.05) is 24.6 Å². The highest BCUT2D eigenvalue weighted by Crippen LogP contribution is 2.38. The van der Waals surface area contributed by atoms with Crippen molar-refractivity contribution in [1.29, 1.82) is 0 Å².